The highest BCUT2D eigenvalue weighted by molar-refractivity contribution is 5.17. The molecule has 0 aliphatic carbocycles. The molecule has 0 aliphatic heterocycles. The van der Waals surface area contributed by atoms with E-state index in [0.717, 1.165) is 12.8 Å². The molecule has 3 N–H and O–H groups in total. The first-order chi connectivity index (χ1) is 6.20. The number of nitrogens with two attached hydrogens (primary N) is 1. The Bertz CT molecular complexity index is 242. The molecule has 1 atom stereocenters. The van der Waals surface area contributed by atoms with E-state index in [9.17, 15) is 0 Å². The molecule has 0 bridgehead atoms. The molecule has 0 saturated heterocycles. The van der Waals surface area contributed by atoms with Gasteiger partial charge in [-0.15, -0.1) is 0 Å². The Morgan fingerprint density at radius 1 is 1.31 bits per heavy atom. The fourth-order valence-corrected chi connectivity index (χ4v) is 1.30. The zero-order valence-electron chi connectivity index (χ0n) is 8.03. The fourth-order valence-electron chi connectivity index (χ4n) is 1.30. The molecule has 1 aromatic rings. The maximum Gasteiger partial charge on any atom is 0.0614 e. The van der Waals surface area contributed by atoms with Crippen LogP contribution in [0.15, 0.2) is 30.3 Å². The highest BCUT2D eigenvalue weighted by Gasteiger charge is 2.21. The van der Waals surface area contributed by atoms with E-state index in [1.807, 2.05) is 37.3 Å². The molecule has 0 aliphatic rings. The number of rotatable bonds is 4. The van der Waals surface area contributed by atoms with Gasteiger partial charge >= 0.3 is 0 Å². The summed E-state index contributed by atoms with van der Waals surface area (Å²) in [7, 11) is 0. The Morgan fingerprint density at radius 2 is 1.92 bits per heavy atom. The summed E-state index contributed by atoms with van der Waals surface area (Å²) in [5.41, 5.74) is 6.70. The maximum atomic E-state index is 9.12. The van der Waals surface area contributed by atoms with E-state index in [0.29, 0.717) is 0 Å². The van der Waals surface area contributed by atoms with Crippen molar-refractivity contribution in [3.05, 3.63) is 35.9 Å². The van der Waals surface area contributed by atoms with Gasteiger partial charge in [0, 0.05) is 5.54 Å². The summed E-state index contributed by atoms with van der Waals surface area (Å²) >= 11 is 0. The van der Waals surface area contributed by atoms with Gasteiger partial charge in [0.2, 0.25) is 0 Å². The predicted octanol–water partition coefficient (Wildman–Crippen LogP) is 1.33. The van der Waals surface area contributed by atoms with Gasteiger partial charge in [-0.25, -0.2) is 0 Å². The molecule has 0 radical (unpaired) electrons. The lowest BCUT2D eigenvalue weighted by Crippen LogP contribution is -2.45. The molecular weight excluding hydrogens is 162 g/mol. The standard InChI is InChI=1S/C11H17NO/c1-2-11(12,9-13)8-10-6-4-3-5-7-10/h3-7,13H,2,8-9,12H2,1H3/t11-/m1/s1. The number of aliphatic hydroxyl groups excluding tert-OH is 1. The minimum Gasteiger partial charge on any atom is -0.394 e. The number of hydrogen-bond donors (Lipinski definition) is 2. The topological polar surface area (TPSA) is 46.2 Å². The third kappa shape index (κ3) is 2.83. The van der Waals surface area contributed by atoms with Gasteiger partial charge in [-0.05, 0) is 18.4 Å². The molecule has 2 nitrogen and oxygen atoms in total. The van der Waals surface area contributed by atoms with Gasteiger partial charge in [-0.2, -0.15) is 0 Å². The van der Waals surface area contributed by atoms with Gasteiger partial charge in [0.15, 0.2) is 0 Å². The van der Waals surface area contributed by atoms with Crippen LogP contribution in [0.25, 0.3) is 0 Å². The predicted molar refractivity (Wildman–Crippen MR) is 54.4 cm³/mol. The molecule has 2 heteroatoms. The Balaban J connectivity index is 2.68. The van der Waals surface area contributed by atoms with E-state index < -0.39 is 5.54 Å². The first kappa shape index (κ1) is 10.2. The Morgan fingerprint density at radius 3 is 2.38 bits per heavy atom. The summed E-state index contributed by atoms with van der Waals surface area (Å²) in [6, 6.07) is 10.0. The van der Waals surface area contributed by atoms with Crippen molar-refractivity contribution in [3.8, 4) is 0 Å². The first-order valence-corrected chi connectivity index (χ1v) is 4.64. The molecule has 0 fully saturated rings. The fraction of sp³-hybridized carbons (Fsp3) is 0.455. The van der Waals surface area contributed by atoms with Crippen molar-refractivity contribution < 1.29 is 5.11 Å². The van der Waals surface area contributed by atoms with Gasteiger partial charge in [-0.3, -0.25) is 0 Å². The summed E-state index contributed by atoms with van der Waals surface area (Å²) in [5, 5.41) is 9.12. The van der Waals surface area contributed by atoms with Crippen LogP contribution in [0.1, 0.15) is 18.9 Å². The van der Waals surface area contributed by atoms with Crippen LogP contribution < -0.4 is 5.73 Å². The third-order valence-corrected chi connectivity index (χ3v) is 2.42. The second kappa shape index (κ2) is 4.40. The van der Waals surface area contributed by atoms with E-state index >= 15 is 0 Å². The zero-order chi connectivity index (χ0) is 9.73. The van der Waals surface area contributed by atoms with Gasteiger partial charge in [0.1, 0.15) is 0 Å². The minimum atomic E-state index is -0.457. The molecule has 0 aromatic heterocycles. The number of benzene rings is 1. The lowest BCUT2D eigenvalue weighted by atomic mass is 9.90. The van der Waals surface area contributed by atoms with Crippen molar-refractivity contribution in [1.29, 1.82) is 0 Å². The van der Waals surface area contributed by atoms with E-state index in [1.165, 1.54) is 5.56 Å². The van der Waals surface area contributed by atoms with Crippen LogP contribution in [0.2, 0.25) is 0 Å². The quantitative estimate of drug-likeness (QED) is 0.732. The van der Waals surface area contributed by atoms with E-state index in [-0.39, 0.29) is 6.61 Å². The van der Waals surface area contributed by atoms with Gasteiger partial charge < -0.3 is 10.8 Å². The second-order valence-corrected chi connectivity index (χ2v) is 3.54. The largest absolute Gasteiger partial charge is 0.394 e. The molecule has 1 rings (SSSR count). The van der Waals surface area contributed by atoms with Crippen LogP contribution in [0.5, 0.6) is 0 Å². The lowest BCUT2D eigenvalue weighted by Gasteiger charge is -2.25. The summed E-state index contributed by atoms with van der Waals surface area (Å²) in [6.45, 7) is 2.04. The zero-order valence-corrected chi connectivity index (χ0v) is 8.03. The van der Waals surface area contributed by atoms with Gasteiger partial charge in [-0.1, -0.05) is 37.3 Å². The summed E-state index contributed by atoms with van der Waals surface area (Å²) in [4.78, 5) is 0. The Hall–Kier alpha value is -0.860. The first-order valence-electron chi connectivity index (χ1n) is 4.64. The summed E-state index contributed by atoms with van der Waals surface area (Å²) < 4.78 is 0. The van der Waals surface area contributed by atoms with Crippen molar-refractivity contribution in [3.63, 3.8) is 0 Å². The highest BCUT2D eigenvalue weighted by Crippen LogP contribution is 2.13. The van der Waals surface area contributed by atoms with E-state index in [4.69, 9.17) is 10.8 Å². The maximum absolute atomic E-state index is 9.12. The minimum absolute atomic E-state index is 0.0401. The van der Waals surface area contributed by atoms with E-state index in [2.05, 4.69) is 0 Å². The molecule has 1 aromatic carbocycles. The van der Waals surface area contributed by atoms with Crippen molar-refractivity contribution in [2.45, 2.75) is 25.3 Å². The van der Waals surface area contributed by atoms with Gasteiger partial charge in [0.05, 0.1) is 6.61 Å². The van der Waals surface area contributed by atoms with Crippen molar-refractivity contribution in [2.24, 2.45) is 5.73 Å². The van der Waals surface area contributed by atoms with Crippen molar-refractivity contribution in [2.75, 3.05) is 6.61 Å². The summed E-state index contributed by atoms with van der Waals surface area (Å²) in [6.07, 6.45) is 1.53. The highest BCUT2D eigenvalue weighted by atomic mass is 16.3. The lowest BCUT2D eigenvalue weighted by molar-refractivity contribution is 0.190. The molecule has 72 valence electrons. The molecule has 0 saturated carbocycles. The number of aliphatic hydroxyl groups is 1. The van der Waals surface area contributed by atoms with Crippen LogP contribution >= 0.6 is 0 Å². The molecule has 13 heavy (non-hydrogen) atoms. The summed E-state index contributed by atoms with van der Waals surface area (Å²) in [5.74, 6) is 0. The monoisotopic (exact) mass is 179 g/mol. The molecule has 0 spiro atoms. The molecule has 0 unspecified atom stereocenters. The molecular formula is C11H17NO. The smallest absolute Gasteiger partial charge is 0.0614 e. The van der Waals surface area contributed by atoms with Crippen LogP contribution in [-0.4, -0.2) is 17.3 Å². The average molecular weight is 179 g/mol. The molecule has 0 amide bonds. The van der Waals surface area contributed by atoms with E-state index in [1.54, 1.807) is 0 Å². The van der Waals surface area contributed by atoms with Crippen molar-refractivity contribution in [1.82, 2.24) is 0 Å². The van der Waals surface area contributed by atoms with Crippen molar-refractivity contribution >= 4 is 0 Å². The normalized spacial score (nSPS) is 15.3. The number of hydrogen-bond acceptors (Lipinski definition) is 2. The SMILES string of the molecule is CC[C@](N)(CO)Cc1ccccc1. The van der Waals surface area contributed by atoms with Crippen LogP contribution in [0.3, 0.4) is 0 Å². The second-order valence-electron chi connectivity index (χ2n) is 3.54. The third-order valence-electron chi connectivity index (χ3n) is 2.42. The molecule has 0 heterocycles. The Labute approximate surface area is 79.4 Å². The van der Waals surface area contributed by atoms with Crippen LogP contribution in [0.4, 0.5) is 0 Å². The van der Waals surface area contributed by atoms with Gasteiger partial charge in [0.25, 0.3) is 0 Å². The Kier molecular flexibility index (Phi) is 3.46. The average Bonchev–Trinajstić information content (AvgIpc) is 2.19. The van der Waals surface area contributed by atoms with Crippen LogP contribution in [0, 0.1) is 0 Å². The van der Waals surface area contributed by atoms with Crippen LogP contribution in [-0.2, 0) is 6.42 Å².